The van der Waals surface area contributed by atoms with Gasteiger partial charge < -0.3 is 0 Å². The highest BCUT2D eigenvalue weighted by Crippen LogP contribution is 2.54. The molecule has 2 heteroatoms. The maximum absolute atomic E-state index is 11.8. The van der Waals surface area contributed by atoms with Crippen molar-refractivity contribution in [3.05, 3.63) is 0 Å². The maximum atomic E-state index is 11.8. The van der Waals surface area contributed by atoms with Gasteiger partial charge in [-0.3, -0.25) is 4.79 Å². The lowest BCUT2D eigenvalue weighted by atomic mass is 9.62. The first-order chi connectivity index (χ1) is 8.06. The van der Waals surface area contributed by atoms with E-state index in [1.54, 1.807) is 0 Å². The van der Waals surface area contributed by atoms with Crippen LogP contribution < -0.4 is 0 Å². The first-order valence-electron chi connectivity index (χ1n) is 7.60. The van der Waals surface area contributed by atoms with Gasteiger partial charge in [0.05, 0.1) is 8.07 Å². The number of Topliss-reactive ketones (excluding diaryl/α,β-unsaturated/α-hetero) is 1. The van der Waals surface area contributed by atoms with E-state index in [0.717, 1.165) is 23.0 Å². The van der Waals surface area contributed by atoms with Gasteiger partial charge in [-0.1, -0.05) is 78.1 Å². The second kappa shape index (κ2) is 5.11. The highest BCUT2D eigenvalue weighted by Gasteiger charge is 2.53. The molecule has 1 saturated carbocycles. The molecule has 1 fully saturated rings. The molecule has 18 heavy (non-hydrogen) atoms. The Bertz CT molecular complexity index is 293. The lowest BCUT2D eigenvalue weighted by Gasteiger charge is -2.52. The standard InChI is InChI=1S/C16H32OSi/c1-11(2)18(12(3)4,13(5)6)10-14-9-15(17)16(14,7)8/h11-14H,9-10H2,1-8H3. The number of hydrogen-bond donors (Lipinski definition) is 0. The zero-order valence-electron chi connectivity index (χ0n) is 13.6. The molecule has 0 radical (unpaired) electrons. The van der Waals surface area contributed by atoms with Crippen molar-refractivity contribution < 1.29 is 4.79 Å². The predicted molar refractivity (Wildman–Crippen MR) is 82.8 cm³/mol. The summed E-state index contributed by atoms with van der Waals surface area (Å²) in [5.74, 6) is 1.12. The molecule has 106 valence electrons. The summed E-state index contributed by atoms with van der Waals surface area (Å²) in [5, 5.41) is 0. The summed E-state index contributed by atoms with van der Waals surface area (Å²) in [7, 11) is -1.33. The van der Waals surface area contributed by atoms with E-state index in [0.29, 0.717) is 11.7 Å². The van der Waals surface area contributed by atoms with Gasteiger partial charge in [-0.2, -0.15) is 0 Å². The lowest BCUT2D eigenvalue weighted by molar-refractivity contribution is -0.141. The molecule has 1 aliphatic rings. The van der Waals surface area contributed by atoms with E-state index in [1.807, 2.05) is 0 Å². The predicted octanol–water partition coefficient (Wildman–Crippen LogP) is 5.28. The van der Waals surface area contributed by atoms with Crippen LogP contribution in [0.2, 0.25) is 22.7 Å². The topological polar surface area (TPSA) is 17.1 Å². The Morgan fingerprint density at radius 2 is 1.44 bits per heavy atom. The van der Waals surface area contributed by atoms with Gasteiger partial charge in [-0.05, 0) is 5.92 Å². The second-order valence-corrected chi connectivity index (χ2v) is 13.9. The zero-order valence-corrected chi connectivity index (χ0v) is 14.6. The summed E-state index contributed by atoms with van der Waals surface area (Å²) >= 11 is 0. The SMILES string of the molecule is CC(C)[Si](CC1CC(=O)C1(C)C)(C(C)C)C(C)C. The molecule has 0 aromatic carbocycles. The Hall–Kier alpha value is -0.113. The molecule has 0 bridgehead atoms. The van der Waals surface area contributed by atoms with Gasteiger partial charge in [0.25, 0.3) is 0 Å². The zero-order chi connectivity index (χ0) is 14.3. The summed E-state index contributed by atoms with van der Waals surface area (Å²) in [6, 6.07) is 1.35. The van der Waals surface area contributed by atoms with Crippen molar-refractivity contribution in [2.24, 2.45) is 11.3 Å². The number of carbonyl (C=O) groups excluding carboxylic acids is 1. The first kappa shape index (κ1) is 15.9. The molecule has 0 aliphatic heterocycles. The van der Waals surface area contributed by atoms with E-state index < -0.39 is 8.07 Å². The maximum Gasteiger partial charge on any atom is 0.139 e. The van der Waals surface area contributed by atoms with Gasteiger partial charge in [-0.15, -0.1) is 0 Å². The minimum Gasteiger partial charge on any atom is -0.299 e. The molecular weight excluding hydrogens is 236 g/mol. The van der Waals surface area contributed by atoms with Crippen LogP contribution in [0.15, 0.2) is 0 Å². The van der Waals surface area contributed by atoms with Gasteiger partial charge in [0.15, 0.2) is 0 Å². The van der Waals surface area contributed by atoms with Gasteiger partial charge in [-0.25, -0.2) is 0 Å². The summed E-state index contributed by atoms with van der Waals surface area (Å²) in [6.07, 6.45) is 0.841. The van der Waals surface area contributed by atoms with E-state index in [4.69, 9.17) is 0 Å². The molecule has 0 heterocycles. The van der Waals surface area contributed by atoms with Crippen molar-refractivity contribution in [1.82, 2.24) is 0 Å². The van der Waals surface area contributed by atoms with Crippen molar-refractivity contribution in [3.8, 4) is 0 Å². The van der Waals surface area contributed by atoms with Crippen molar-refractivity contribution >= 4 is 13.9 Å². The van der Waals surface area contributed by atoms with Crippen LogP contribution in [0.3, 0.4) is 0 Å². The third-order valence-electron chi connectivity index (χ3n) is 6.00. The Morgan fingerprint density at radius 1 is 1.06 bits per heavy atom. The quantitative estimate of drug-likeness (QED) is 0.620. The molecule has 1 nitrogen and oxygen atoms in total. The van der Waals surface area contributed by atoms with Gasteiger partial charge >= 0.3 is 0 Å². The molecule has 1 rings (SSSR count). The second-order valence-electron chi connectivity index (χ2n) is 7.83. The molecule has 0 N–H and O–H groups in total. The lowest BCUT2D eigenvalue weighted by Crippen LogP contribution is -2.53. The Kier molecular flexibility index (Phi) is 4.52. The van der Waals surface area contributed by atoms with Crippen molar-refractivity contribution in [2.45, 2.75) is 84.5 Å². The van der Waals surface area contributed by atoms with Gasteiger partial charge in [0.1, 0.15) is 5.78 Å². The monoisotopic (exact) mass is 268 g/mol. The number of carbonyl (C=O) groups is 1. The third-order valence-corrected chi connectivity index (χ3v) is 13.6. The molecule has 1 unspecified atom stereocenters. The van der Waals surface area contributed by atoms with Gasteiger partial charge in [0.2, 0.25) is 0 Å². The molecule has 1 aliphatic carbocycles. The summed E-state index contributed by atoms with van der Waals surface area (Å²) in [5.41, 5.74) is 2.38. The molecule has 0 saturated heterocycles. The van der Waals surface area contributed by atoms with Crippen LogP contribution in [-0.4, -0.2) is 13.9 Å². The Balaban J connectivity index is 2.97. The smallest absolute Gasteiger partial charge is 0.139 e. The average Bonchev–Trinajstić information content (AvgIpc) is 2.22. The molecule has 0 aromatic rings. The highest BCUT2D eigenvalue weighted by atomic mass is 28.3. The van der Waals surface area contributed by atoms with Crippen LogP contribution in [0, 0.1) is 11.3 Å². The minimum absolute atomic E-state index is 0.0447. The number of hydrogen-bond acceptors (Lipinski definition) is 1. The van der Waals surface area contributed by atoms with E-state index in [2.05, 4.69) is 55.4 Å². The molecule has 0 amide bonds. The van der Waals surface area contributed by atoms with Crippen LogP contribution in [0.4, 0.5) is 0 Å². The average molecular weight is 269 g/mol. The van der Waals surface area contributed by atoms with E-state index in [-0.39, 0.29) is 5.41 Å². The van der Waals surface area contributed by atoms with Crippen LogP contribution in [0.5, 0.6) is 0 Å². The largest absolute Gasteiger partial charge is 0.299 e. The molecular formula is C16H32OSi. The third kappa shape index (κ3) is 2.33. The first-order valence-corrected chi connectivity index (χ1v) is 10.0. The summed E-state index contributed by atoms with van der Waals surface area (Å²) < 4.78 is 0. The Labute approximate surface area is 115 Å². The van der Waals surface area contributed by atoms with Gasteiger partial charge in [0, 0.05) is 11.8 Å². The van der Waals surface area contributed by atoms with Crippen LogP contribution >= 0.6 is 0 Å². The van der Waals surface area contributed by atoms with Crippen molar-refractivity contribution in [1.29, 1.82) is 0 Å². The Morgan fingerprint density at radius 3 is 1.67 bits per heavy atom. The summed E-state index contributed by atoms with van der Waals surface area (Å²) in [4.78, 5) is 11.8. The van der Waals surface area contributed by atoms with E-state index >= 15 is 0 Å². The molecule has 0 spiro atoms. The van der Waals surface area contributed by atoms with Crippen LogP contribution in [0.25, 0.3) is 0 Å². The molecule has 0 aromatic heterocycles. The minimum atomic E-state index is -1.33. The van der Waals surface area contributed by atoms with E-state index in [9.17, 15) is 4.79 Å². The van der Waals surface area contributed by atoms with E-state index in [1.165, 1.54) is 6.04 Å². The van der Waals surface area contributed by atoms with Crippen LogP contribution in [-0.2, 0) is 4.79 Å². The van der Waals surface area contributed by atoms with Crippen molar-refractivity contribution in [2.75, 3.05) is 0 Å². The number of rotatable bonds is 5. The van der Waals surface area contributed by atoms with Crippen molar-refractivity contribution in [3.63, 3.8) is 0 Å². The fraction of sp³-hybridized carbons (Fsp3) is 0.938. The fourth-order valence-corrected chi connectivity index (χ4v) is 11.2. The highest BCUT2D eigenvalue weighted by molar-refractivity contribution is 6.83. The summed E-state index contributed by atoms with van der Waals surface area (Å²) in [6.45, 7) is 18.8. The normalized spacial score (nSPS) is 23.9. The molecule has 1 atom stereocenters. The number of ketones is 1. The van der Waals surface area contributed by atoms with Crippen LogP contribution in [0.1, 0.15) is 61.8 Å². The fourth-order valence-electron chi connectivity index (χ4n) is 4.30.